The number of rotatable bonds is 6. The molecule has 17 heavy (non-hydrogen) atoms. The minimum absolute atomic E-state index is 0.431. The highest BCUT2D eigenvalue weighted by atomic mass is 35.5. The number of nitrogen functional groups attached to an aromatic ring is 1. The normalized spacial score (nSPS) is 11.4. The van der Waals surface area contributed by atoms with Crippen molar-refractivity contribution >= 4 is 17.3 Å². The van der Waals surface area contributed by atoms with Crippen molar-refractivity contribution in [2.45, 2.75) is 26.4 Å². The lowest BCUT2D eigenvalue weighted by Crippen LogP contribution is -2.33. The Kier molecular flexibility index (Phi) is 5.75. The van der Waals surface area contributed by atoms with Gasteiger partial charge in [0.25, 0.3) is 0 Å². The second-order valence-corrected chi connectivity index (χ2v) is 4.77. The van der Waals surface area contributed by atoms with E-state index in [2.05, 4.69) is 18.7 Å². The SMILES string of the molecule is COCCN(Cc1c(N)cccc1Cl)C(C)C. The van der Waals surface area contributed by atoms with Crippen LogP contribution in [-0.4, -0.2) is 31.2 Å². The molecule has 0 saturated heterocycles. The second-order valence-electron chi connectivity index (χ2n) is 4.36. The number of hydrogen-bond acceptors (Lipinski definition) is 3. The van der Waals surface area contributed by atoms with E-state index in [0.717, 1.165) is 29.4 Å². The van der Waals surface area contributed by atoms with Crippen molar-refractivity contribution in [3.8, 4) is 0 Å². The van der Waals surface area contributed by atoms with Gasteiger partial charge in [-0.25, -0.2) is 0 Å². The highest BCUT2D eigenvalue weighted by molar-refractivity contribution is 6.31. The fourth-order valence-electron chi connectivity index (χ4n) is 1.67. The first-order chi connectivity index (χ1) is 8.06. The Morgan fingerprint density at radius 1 is 1.41 bits per heavy atom. The van der Waals surface area contributed by atoms with E-state index in [4.69, 9.17) is 22.1 Å². The van der Waals surface area contributed by atoms with Crippen LogP contribution in [0.3, 0.4) is 0 Å². The number of methoxy groups -OCH3 is 1. The Morgan fingerprint density at radius 3 is 2.65 bits per heavy atom. The minimum Gasteiger partial charge on any atom is -0.398 e. The molecule has 3 nitrogen and oxygen atoms in total. The molecule has 0 spiro atoms. The number of halogens is 1. The summed E-state index contributed by atoms with van der Waals surface area (Å²) in [5, 5.41) is 0.730. The Bertz CT molecular complexity index is 335. The first-order valence-electron chi connectivity index (χ1n) is 5.82. The number of ether oxygens (including phenoxy) is 1. The van der Waals surface area contributed by atoms with Gasteiger partial charge in [-0.05, 0) is 26.0 Å². The summed E-state index contributed by atoms with van der Waals surface area (Å²) < 4.78 is 5.11. The van der Waals surface area contributed by atoms with Gasteiger partial charge >= 0.3 is 0 Å². The lowest BCUT2D eigenvalue weighted by molar-refractivity contribution is 0.125. The van der Waals surface area contributed by atoms with Crippen LogP contribution in [0, 0.1) is 0 Å². The van der Waals surface area contributed by atoms with Gasteiger partial charge in [-0.15, -0.1) is 0 Å². The van der Waals surface area contributed by atoms with Gasteiger partial charge in [0.1, 0.15) is 0 Å². The van der Waals surface area contributed by atoms with Gasteiger partial charge < -0.3 is 10.5 Å². The van der Waals surface area contributed by atoms with Crippen molar-refractivity contribution in [3.63, 3.8) is 0 Å². The van der Waals surface area contributed by atoms with E-state index in [9.17, 15) is 0 Å². The molecule has 0 atom stereocenters. The van der Waals surface area contributed by atoms with Crippen molar-refractivity contribution in [1.29, 1.82) is 0 Å². The number of anilines is 1. The summed E-state index contributed by atoms with van der Waals surface area (Å²) in [7, 11) is 1.71. The van der Waals surface area contributed by atoms with Crippen LogP contribution in [0.15, 0.2) is 18.2 Å². The van der Waals surface area contributed by atoms with Crippen LogP contribution in [0.25, 0.3) is 0 Å². The lowest BCUT2D eigenvalue weighted by Gasteiger charge is -2.27. The van der Waals surface area contributed by atoms with Gasteiger partial charge in [-0.3, -0.25) is 4.90 Å². The molecule has 0 aliphatic heterocycles. The van der Waals surface area contributed by atoms with Crippen LogP contribution >= 0.6 is 11.6 Å². The van der Waals surface area contributed by atoms with Gasteiger partial charge in [-0.2, -0.15) is 0 Å². The van der Waals surface area contributed by atoms with Crippen LogP contribution in [0.4, 0.5) is 5.69 Å². The second kappa shape index (κ2) is 6.84. The van der Waals surface area contributed by atoms with E-state index in [1.54, 1.807) is 7.11 Å². The molecule has 0 aliphatic carbocycles. The molecular formula is C13H21ClN2O. The molecule has 0 amide bonds. The maximum Gasteiger partial charge on any atom is 0.0589 e. The van der Waals surface area contributed by atoms with Gasteiger partial charge in [0, 0.05) is 42.5 Å². The molecule has 2 N–H and O–H groups in total. The highest BCUT2D eigenvalue weighted by Crippen LogP contribution is 2.24. The predicted molar refractivity (Wildman–Crippen MR) is 73.3 cm³/mol. The zero-order valence-electron chi connectivity index (χ0n) is 10.7. The van der Waals surface area contributed by atoms with E-state index in [0.29, 0.717) is 12.6 Å². The zero-order chi connectivity index (χ0) is 12.8. The molecule has 0 fully saturated rings. The first kappa shape index (κ1) is 14.3. The lowest BCUT2D eigenvalue weighted by atomic mass is 10.1. The molecule has 96 valence electrons. The average molecular weight is 257 g/mol. The summed E-state index contributed by atoms with van der Waals surface area (Å²) in [4.78, 5) is 2.29. The zero-order valence-corrected chi connectivity index (χ0v) is 11.5. The van der Waals surface area contributed by atoms with E-state index in [-0.39, 0.29) is 0 Å². The van der Waals surface area contributed by atoms with E-state index >= 15 is 0 Å². The van der Waals surface area contributed by atoms with Gasteiger partial charge in [0.05, 0.1) is 6.61 Å². The Morgan fingerprint density at radius 2 is 2.12 bits per heavy atom. The molecule has 0 unspecified atom stereocenters. The van der Waals surface area contributed by atoms with E-state index < -0.39 is 0 Å². The van der Waals surface area contributed by atoms with Gasteiger partial charge in [0.15, 0.2) is 0 Å². The van der Waals surface area contributed by atoms with Gasteiger partial charge in [0.2, 0.25) is 0 Å². The number of nitrogens with zero attached hydrogens (tertiary/aromatic N) is 1. The average Bonchev–Trinajstić information content (AvgIpc) is 2.27. The van der Waals surface area contributed by atoms with E-state index in [1.165, 1.54) is 0 Å². The van der Waals surface area contributed by atoms with Crippen molar-refractivity contribution in [3.05, 3.63) is 28.8 Å². The molecule has 0 aromatic heterocycles. The third-order valence-electron chi connectivity index (χ3n) is 2.83. The number of benzene rings is 1. The highest BCUT2D eigenvalue weighted by Gasteiger charge is 2.13. The molecule has 1 aromatic carbocycles. The molecule has 4 heteroatoms. The standard InChI is InChI=1S/C13H21ClN2O/c1-10(2)16(7-8-17-3)9-11-12(14)5-4-6-13(11)15/h4-6,10H,7-9,15H2,1-3H3. The Labute approximate surface area is 109 Å². The summed E-state index contributed by atoms with van der Waals surface area (Å²) in [6.45, 7) is 6.65. The summed E-state index contributed by atoms with van der Waals surface area (Å²) in [5.74, 6) is 0. The first-order valence-corrected chi connectivity index (χ1v) is 6.20. The fourth-order valence-corrected chi connectivity index (χ4v) is 1.92. The van der Waals surface area contributed by atoms with Crippen LogP contribution in [0.1, 0.15) is 19.4 Å². The van der Waals surface area contributed by atoms with Crippen LogP contribution in [0.2, 0.25) is 5.02 Å². The summed E-state index contributed by atoms with van der Waals surface area (Å²) >= 11 is 6.17. The van der Waals surface area contributed by atoms with E-state index in [1.807, 2.05) is 18.2 Å². The summed E-state index contributed by atoms with van der Waals surface area (Å²) in [6.07, 6.45) is 0. The topological polar surface area (TPSA) is 38.5 Å². The third kappa shape index (κ3) is 4.19. The van der Waals surface area contributed by atoms with Crippen molar-refractivity contribution in [1.82, 2.24) is 4.90 Å². The van der Waals surface area contributed by atoms with Crippen LogP contribution in [-0.2, 0) is 11.3 Å². The van der Waals surface area contributed by atoms with Crippen molar-refractivity contribution < 1.29 is 4.74 Å². The molecule has 1 aromatic rings. The minimum atomic E-state index is 0.431. The Balaban J connectivity index is 2.78. The summed E-state index contributed by atoms with van der Waals surface area (Å²) in [6, 6.07) is 6.06. The number of nitrogens with two attached hydrogens (primary N) is 1. The third-order valence-corrected chi connectivity index (χ3v) is 3.18. The predicted octanol–water partition coefficient (Wildman–Crippen LogP) is 2.78. The molecule has 0 bridgehead atoms. The molecule has 0 aliphatic rings. The van der Waals surface area contributed by atoms with Crippen LogP contribution < -0.4 is 5.73 Å². The molecule has 1 rings (SSSR count). The summed E-state index contributed by atoms with van der Waals surface area (Å²) in [5.41, 5.74) is 7.71. The number of hydrogen-bond donors (Lipinski definition) is 1. The largest absolute Gasteiger partial charge is 0.398 e. The molecule has 0 saturated carbocycles. The fraction of sp³-hybridized carbons (Fsp3) is 0.538. The quantitative estimate of drug-likeness (QED) is 0.796. The van der Waals surface area contributed by atoms with Gasteiger partial charge in [-0.1, -0.05) is 17.7 Å². The monoisotopic (exact) mass is 256 g/mol. The van der Waals surface area contributed by atoms with Crippen molar-refractivity contribution in [2.24, 2.45) is 0 Å². The maximum absolute atomic E-state index is 6.17. The van der Waals surface area contributed by atoms with Crippen LogP contribution in [0.5, 0.6) is 0 Å². The molecule has 0 heterocycles. The Hall–Kier alpha value is -0.770. The molecular weight excluding hydrogens is 236 g/mol. The maximum atomic E-state index is 6.17. The van der Waals surface area contributed by atoms with Crippen molar-refractivity contribution in [2.75, 3.05) is 26.0 Å². The molecule has 0 radical (unpaired) electrons. The smallest absolute Gasteiger partial charge is 0.0589 e.